The molecule has 0 aliphatic rings. The molecule has 0 unspecified atom stereocenters. The van der Waals surface area contributed by atoms with Crippen LogP contribution in [0.1, 0.15) is 161 Å². The molecule has 0 amide bonds. The molecule has 0 atom stereocenters. The lowest BCUT2D eigenvalue weighted by Gasteiger charge is -2.04. The first kappa shape index (κ1) is 28.0. The Morgan fingerprint density at radius 3 is 0.893 bits per heavy atom. The Hall–Kier alpha value is -0.0400. The smallest absolute Gasteiger partial charge is 0.0832 e. The number of ether oxygens (including phenoxy) is 1. The second-order valence-corrected chi connectivity index (χ2v) is 8.97. The number of unbranched alkanes of at least 4 members (excludes halogenated alkanes) is 23. The molecule has 0 heterocycles. The van der Waals surface area contributed by atoms with Gasteiger partial charge in [-0.2, -0.15) is 0 Å². The summed E-state index contributed by atoms with van der Waals surface area (Å²) in [5, 5.41) is 0. The van der Waals surface area contributed by atoms with Crippen LogP contribution in [-0.4, -0.2) is 7.11 Å². The molecule has 0 aromatic heterocycles. The van der Waals surface area contributed by atoms with Crippen LogP contribution in [0.5, 0.6) is 0 Å². The van der Waals surface area contributed by atoms with Crippen LogP contribution in [0.15, 0.2) is 0 Å². The van der Waals surface area contributed by atoms with Crippen LogP contribution in [0.2, 0.25) is 0 Å². The fraction of sp³-hybridized carbons (Fsp3) is 0.963. The Kier molecular flexibility index (Phi) is 26.9. The third-order valence-electron chi connectivity index (χ3n) is 6.09. The van der Waals surface area contributed by atoms with Crippen LogP contribution in [0, 0.1) is 6.61 Å². The van der Waals surface area contributed by atoms with Crippen LogP contribution in [0.25, 0.3) is 0 Å². The van der Waals surface area contributed by atoms with E-state index in [1.54, 1.807) is 7.11 Å². The average Bonchev–Trinajstić information content (AvgIpc) is 2.71. The Bertz CT molecular complexity index is 225. The highest BCUT2D eigenvalue weighted by molar-refractivity contribution is 4.53. The molecule has 0 spiro atoms. The minimum absolute atomic E-state index is 1.12. The predicted molar refractivity (Wildman–Crippen MR) is 128 cm³/mol. The van der Waals surface area contributed by atoms with E-state index in [9.17, 15) is 0 Å². The molecule has 1 radical (unpaired) electrons. The normalized spacial score (nSPS) is 11.4. The fourth-order valence-electron chi connectivity index (χ4n) is 4.13. The first-order valence-corrected chi connectivity index (χ1v) is 13.3. The molecule has 169 valence electrons. The van der Waals surface area contributed by atoms with Gasteiger partial charge in [-0.25, -0.2) is 0 Å². The van der Waals surface area contributed by atoms with Crippen LogP contribution >= 0.6 is 0 Å². The van der Waals surface area contributed by atoms with E-state index in [0.717, 1.165) is 6.42 Å². The van der Waals surface area contributed by atoms with Gasteiger partial charge >= 0.3 is 0 Å². The van der Waals surface area contributed by atoms with Crippen molar-refractivity contribution in [3.63, 3.8) is 0 Å². The molecule has 0 aliphatic carbocycles. The molecular weight excluding hydrogens is 340 g/mol. The van der Waals surface area contributed by atoms with E-state index in [1.165, 1.54) is 148 Å². The number of hydrogen-bond acceptors (Lipinski definition) is 1. The van der Waals surface area contributed by atoms with E-state index in [2.05, 4.69) is 6.92 Å². The summed E-state index contributed by atoms with van der Waals surface area (Å²) in [6, 6.07) is 0. The van der Waals surface area contributed by atoms with Gasteiger partial charge in [-0.05, 0) is 6.42 Å². The predicted octanol–water partition coefficient (Wildman–Crippen LogP) is 10.2. The van der Waals surface area contributed by atoms with Gasteiger partial charge < -0.3 is 4.74 Å². The molecule has 1 nitrogen and oxygen atoms in total. The monoisotopic (exact) mass is 395 g/mol. The molecular formula is C27H55O. The van der Waals surface area contributed by atoms with Crippen molar-refractivity contribution in [1.29, 1.82) is 0 Å². The van der Waals surface area contributed by atoms with Crippen molar-refractivity contribution in [3.05, 3.63) is 6.61 Å². The minimum atomic E-state index is 1.12. The van der Waals surface area contributed by atoms with Crippen molar-refractivity contribution < 1.29 is 4.74 Å². The van der Waals surface area contributed by atoms with E-state index in [0.29, 0.717) is 0 Å². The number of hydrogen-bond donors (Lipinski definition) is 0. The summed E-state index contributed by atoms with van der Waals surface area (Å²) < 4.78 is 4.97. The molecule has 28 heavy (non-hydrogen) atoms. The van der Waals surface area contributed by atoms with Crippen molar-refractivity contribution in [2.75, 3.05) is 7.11 Å². The van der Waals surface area contributed by atoms with Crippen LogP contribution in [0.4, 0.5) is 0 Å². The molecule has 1 heteroatoms. The van der Waals surface area contributed by atoms with E-state index < -0.39 is 0 Å². The fourth-order valence-corrected chi connectivity index (χ4v) is 4.13. The zero-order valence-corrected chi connectivity index (χ0v) is 20.0. The maximum absolute atomic E-state index is 4.97. The van der Waals surface area contributed by atoms with Gasteiger partial charge in [0.2, 0.25) is 0 Å². The summed E-state index contributed by atoms with van der Waals surface area (Å²) in [6.45, 7) is 4.23. The van der Waals surface area contributed by atoms with E-state index in [1.807, 2.05) is 6.61 Å². The molecule has 0 saturated heterocycles. The first-order valence-electron chi connectivity index (χ1n) is 13.3. The topological polar surface area (TPSA) is 9.23 Å². The van der Waals surface area contributed by atoms with E-state index in [4.69, 9.17) is 4.74 Å². The summed E-state index contributed by atoms with van der Waals surface area (Å²) in [5.41, 5.74) is 0. The maximum atomic E-state index is 4.97. The summed E-state index contributed by atoms with van der Waals surface area (Å²) in [4.78, 5) is 0. The van der Waals surface area contributed by atoms with Crippen molar-refractivity contribution in [2.24, 2.45) is 0 Å². The molecule has 0 rings (SSSR count). The van der Waals surface area contributed by atoms with Crippen LogP contribution in [-0.2, 0) is 4.74 Å². The third kappa shape index (κ3) is 26.0. The summed E-state index contributed by atoms with van der Waals surface area (Å²) in [7, 11) is 1.75. The molecule has 0 aromatic carbocycles. The van der Waals surface area contributed by atoms with Crippen LogP contribution in [0.3, 0.4) is 0 Å². The lowest BCUT2D eigenvalue weighted by Crippen LogP contribution is -1.85. The zero-order valence-electron chi connectivity index (χ0n) is 20.0. The highest BCUT2D eigenvalue weighted by atomic mass is 16.5. The van der Waals surface area contributed by atoms with E-state index in [-0.39, 0.29) is 0 Å². The van der Waals surface area contributed by atoms with Crippen molar-refractivity contribution in [3.8, 4) is 0 Å². The van der Waals surface area contributed by atoms with Gasteiger partial charge in [0, 0.05) is 7.11 Å². The second kappa shape index (κ2) is 27.0. The molecule has 0 fully saturated rings. The zero-order chi connectivity index (χ0) is 20.4. The largest absolute Gasteiger partial charge is 0.379 e. The first-order chi connectivity index (χ1) is 13.9. The lowest BCUT2D eigenvalue weighted by molar-refractivity contribution is 0.262. The highest BCUT2D eigenvalue weighted by Gasteiger charge is 1.96. The summed E-state index contributed by atoms with van der Waals surface area (Å²) in [5.74, 6) is 0. The molecule has 0 aromatic rings. The lowest BCUT2D eigenvalue weighted by atomic mass is 10.0. The number of methoxy groups -OCH3 is 1. The average molecular weight is 396 g/mol. The van der Waals surface area contributed by atoms with E-state index >= 15 is 0 Å². The second-order valence-electron chi connectivity index (χ2n) is 8.97. The molecule has 0 N–H and O–H groups in total. The SMILES string of the molecule is CCCCCCCCCCCCCCCCCCCCCCCCC[CH]OC. The standard InChI is InChI=1S/C27H55O/c1-3-4-5-6-7-8-9-10-11-12-13-14-15-16-17-18-19-20-21-22-23-24-25-26-27-28-2/h27H,3-26H2,1-2H3. The van der Waals surface area contributed by atoms with Crippen molar-refractivity contribution in [1.82, 2.24) is 0 Å². The summed E-state index contributed by atoms with van der Waals surface area (Å²) in [6.07, 6.45) is 34.6. The number of rotatable bonds is 25. The van der Waals surface area contributed by atoms with Gasteiger partial charge in [-0.15, -0.1) is 0 Å². The quantitative estimate of drug-likeness (QED) is 0.140. The van der Waals surface area contributed by atoms with Gasteiger partial charge in [0.1, 0.15) is 0 Å². The van der Waals surface area contributed by atoms with Gasteiger partial charge in [0.15, 0.2) is 0 Å². The summed E-state index contributed by atoms with van der Waals surface area (Å²) >= 11 is 0. The van der Waals surface area contributed by atoms with Gasteiger partial charge in [0.05, 0.1) is 6.61 Å². The molecule has 0 bridgehead atoms. The Morgan fingerprint density at radius 2 is 0.643 bits per heavy atom. The van der Waals surface area contributed by atoms with Crippen LogP contribution < -0.4 is 0 Å². The van der Waals surface area contributed by atoms with Gasteiger partial charge in [-0.1, -0.05) is 155 Å². The van der Waals surface area contributed by atoms with Gasteiger partial charge in [-0.3, -0.25) is 0 Å². The highest BCUT2D eigenvalue weighted by Crippen LogP contribution is 2.15. The van der Waals surface area contributed by atoms with Gasteiger partial charge in [0.25, 0.3) is 0 Å². The molecule has 0 saturated carbocycles. The Labute approximate surface area is 179 Å². The van der Waals surface area contributed by atoms with Crippen molar-refractivity contribution in [2.45, 2.75) is 161 Å². The third-order valence-corrected chi connectivity index (χ3v) is 6.09. The molecule has 0 aliphatic heterocycles. The minimum Gasteiger partial charge on any atom is -0.379 e. The van der Waals surface area contributed by atoms with Crippen molar-refractivity contribution >= 4 is 0 Å². The Morgan fingerprint density at radius 1 is 0.393 bits per heavy atom. The Balaban J connectivity index is 2.96. The maximum Gasteiger partial charge on any atom is 0.0832 e.